The molecular formula is C21H17ClFN5OS. The second-order valence-electron chi connectivity index (χ2n) is 6.66. The van der Waals surface area contributed by atoms with Crippen molar-refractivity contribution in [1.29, 1.82) is 0 Å². The first-order chi connectivity index (χ1) is 14.4. The lowest BCUT2D eigenvalue weighted by molar-refractivity contribution is 0.102. The Hall–Kier alpha value is -3.10. The lowest BCUT2D eigenvalue weighted by Gasteiger charge is -2.03. The maximum Gasteiger partial charge on any atom is 0.279 e. The molecule has 6 nitrogen and oxygen atoms in total. The first-order valence-corrected chi connectivity index (χ1v) is 10.3. The number of halogens is 2. The van der Waals surface area contributed by atoms with Crippen molar-refractivity contribution >= 4 is 34.0 Å². The van der Waals surface area contributed by atoms with E-state index in [2.05, 4.69) is 20.6 Å². The van der Waals surface area contributed by atoms with Gasteiger partial charge < -0.3 is 0 Å². The summed E-state index contributed by atoms with van der Waals surface area (Å²) in [6, 6.07) is 13.4. The molecule has 0 aliphatic rings. The predicted octanol–water partition coefficient (Wildman–Crippen LogP) is 4.98. The molecule has 0 radical (unpaired) electrons. The van der Waals surface area contributed by atoms with Gasteiger partial charge in [-0.2, -0.15) is 0 Å². The van der Waals surface area contributed by atoms with Gasteiger partial charge in [-0.05, 0) is 49.7 Å². The van der Waals surface area contributed by atoms with Crippen molar-refractivity contribution in [2.75, 3.05) is 5.32 Å². The van der Waals surface area contributed by atoms with Crippen LogP contribution < -0.4 is 5.32 Å². The molecule has 30 heavy (non-hydrogen) atoms. The third-order valence-corrected chi connectivity index (χ3v) is 6.04. The highest BCUT2D eigenvalue weighted by atomic mass is 35.5. The molecule has 2 aromatic heterocycles. The molecule has 4 aromatic rings. The number of carbonyl (C=O) groups excluding carboxylic acids is 1. The lowest BCUT2D eigenvalue weighted by atomic mass is 10.1. The Kier molecular flexibility index (Phi) is 5.61. The van der Waals surface area contributed by atoms with Crippen LogP contribution in [0.4, 0.5) is 9.52 Å². The predicted molar refractivity (Wildman–Crippen MR) is 115 cm³/mol. The van der Waals surface area contributed by atoms with E-state index in [1.165, 1.54) is 28.2 Å². The van der Waals surface area contributed by atoms with Crippen molar-refractivity contribution in [2.24, 2.45) is 0 Å². The van der Waals surface area contributed by atoms with E-state index >= 15 is 0 Å². The monoisotopic (exact) mass is 441 g/mol. The van der Waals surface area contributed by atoms with Gasteiger partial charge in [-0.3, -0.25) is 10.1 Å². The molecular weight excluding hydrogens is 425 g/mol. The van der Waals surface area contributed by atoms with Crippen molar-refractivity contribution in [3.8, 4) is 5.69 Å². The van der Waals surface area contributed by atoms with E-state index in [0.29, 0.717) is 28.0 Å². The van der Waals surface area contributed by atoms with E-state index in [1.807, 2.05) is 31.2 Å². The van der Waals surface area contributed by atoms with Crippen LogP contribution in [0, 0.1) is 19.7 Å². The Morgan fingerprint density at radius 3 is 2.63 bits per heavy atom. The average Bonchev–Trinajstić information content (AvgIpc) is 3.26. The topological polar surface area (TPSA) is 72.7 Å². The number of thiazole rings is 1. The lowest BCUT2D eigenvalue weighted by Crippen LogP contribution is -2.14. The Bertz CT molecular complexity index is 1220. The van der Waals surface area contributed by atoms with Crippen LogP contribution >= 0.6 is 22.9 Å². The number of carbonyl (C=O) groups is 1. The van der Waals surface area contributed by atoms with Gasteiger partial charge in [0.1, 0.15) is 5.82 Å². The van der Waals surface area contributed by atoms with E-state index in [0.717, 1.165) is 16.1 Å². The summed E-state index contributed by atoms with van der Waals surface area (Å²) in [4.78, 5) is 18.2. The van der Waals surface area contributed by atoms with Gasteiger partial charge >= 0.3 is 0 Å². The van der Waals surface area contributed by atoms with E-state index in [9.17, 15) is 9.18 Å². The minimum absolute atomic E-state index is 0.180. The maximum atomic E-state index is 13.2. The Labute approximate surface area is 181 Å². The van der Waals surface area contributed by atoms with Gasteiger partial charge in [0, 0.05) is 16.3 Å². The van der Waals surface area contributed by atoms with E-state index in [-0.39, 0.29) is 11.5 Å². The van der Waals surface area contributed by atoms with Gasteiger partial charge in [0.05, 0.1) is 17.1 Å². The standard InChI is InChI=1S/C21H17ClFN5OS/c1-12-18(11-14-5-3-4-6-17(14)22)30-21(24-12)25-20(29)19-13(2)28(27-26-19)16-9-7-15(23)8-10-16/h3-10H,11H2,1-2H3,(H,24,25,29). The Morgan fingerprint density at radius 1 is 1.17 bits per heavy atom. The summed E-state index contributed by atoms with van der Waals surface area (Å²) in [6.07, 6.45) is 0.638. The second-order valence-corrected chi connectivity index (χ2v) is 8.15. The van der Waals surface area contributed by atoms with Crippen LogP contribution in [0.15, 0.2) is 48.5 Å². The summed E-state index contributed by atoms with van der Waals surface area (Å²) >= 11 is 7.65. The number of hydrogen-bond donors (Lipinski definition) is 1. The highest BCUT2D eigenvalue weighted by Crippen LogP contribution is 2.28. The fraction of sp³-hybridized carbons (Fsp3) is 0.143. The summed E-state index contributed by atoms with van der Waals surface area (Å²) in [5.74, 6) is -0.750. The number of aromatic nitrogens is 4. The van der Waals surface area contributed by atoms with Gasteiger partial charge in [-0.15, -0.1) is 16.4 Å². The van der Waals surface area contributed by atoms with Gasteiger partial charge in [0.15, 0.2) is 10.8 Å². The smallest absolute Gasteiger partial charge is 0.279 e. The van der Waals surface area contributed by atoms with E-state index in [4.69, 9.17) is 11.6 Å². The number of rotatable bonds is 5. The minimum Gasteiger partial charge on any atom is -0.296 e. The van der Waals surface area contributed by atoms with Crippen LogP contribution in [0.25, 0.3) is 5.69 Å². The molecule has 0 saturated carbocycles. The molecule has 4 rings (SSSR count). The van der Waals surface area contributed by atoms with Crippen molar-refractivity contribution in [1.82, 2.24) is 20.0 Å². The van der Waals surface area contributed by atoms with Crippen molar-refractivity contribution in [3.63, 3.8) is 0 Å². The number of benzene rings is 2. The van der Waals surface area contributed by atoms with Gasteiger partial charge in [0.2, 0.25) is 0 Å². The summed E-state index contributed by atoms with van der Waals surface area (Å²) in [7, 11) is 0. The van der Waals surface area contributed by atoms with Crippen molar-refractivity contribution in [3.05, 3.63) is 86.9 Å². The first-order valence-electron chi connectivity index (χ1n) is 9.11. The molecule has 0 bridgehead atoms. The van der Waals surface area contributed by atoms with E-state index < -0.39 is 5.91 Å². The molecule has 0 fully saturated rings. The quantitative estimate of drug-likeness (QED) is 0.474. The van der Waals surface area contributed by atoms with Gasteiger partial charge in [-0.1, -0.05) is 35.0 Å². The Morgan fingerprint density at radius 2 is 1.90 bits per heavy atom. The molecule has 152 valence electrons. The molecule has 2 aromatic carbocycles. The summed E-state index contributed by atoms with van der Waals surface area (Å²) < 4.78 is 14.6. The third kappa shape index (κ3) is 4.10. The number of anilines is 1. The fourth-order valence-electron chi connectivity index (χ4n) is 2.98. The van der Waals surface area contributed by atoms with Crippen molar-refractivity contribution in [2.45, 2.75) is 20.3 Å². The molecule has 0 saturated heterocycles. The average molecular weight is 442 g/mol. The molecule has 0 atom stereocenters. The molecule has 0 aliphatic carbocycles. The zero-order chi connectivity index (χ0) is 21.3. The number of nitrogens with one attached hydrogen (secondary N) is 1. The largest absolute Gasteiger partial charge is 0.296 e. The van der Waals surface area contributed by atoms with Crippen LogP contribution in [-0.4, -0.2) is 25.9 Å². The molecule has 9 heteroatoms. The van der Waals surface area contributed by atoms with E-state index in [1.54, 1.807) is 19.1 Å². The first kappa shape index (κ1) is 20.2. The summed E-state index contributed by atoms with van der Waals surface area (Å²) in [5, 5.41) is 12.0. The third-order valence-electron chi connectivity index (χ3n) is 4.60. The fourth-order valence-corrected chi connectivity index (χ4v) is 4.17. The zero-order valence-electron chi connectivity index (χ0n) is 16.2. The molecule has 1 N–H and O–H groups in total. The molecule has 0 spiro atoms. The van der Waals surface area contributed by atoms with Gasteiger partial charge in [0.25, 0.3) is 5.91 Å². The second kappa shape index (κ2) is 8.33. The van der Waals surface area contributed by atoms with Crippen LogP contribution in [-0.2, 0) is 6.42 Å². The van der Waals surface area contributed by atoms with Crippen LogP contribution in [0.3, 0.4) is 0 Å². The summed E-state index contributed by atoms with van der Waals surface area (Å²) in [5.41, 5.74) is 3.18. The van der Waals surface area contributed by atoms with Crippen LogP contribution in [0.1, 0.15) is 32.3 Å². The molecule has 1 amide bonds. The number of nitrogens with zero attached hydrogens (tertiary/aromatic N) is 4. The SMILES string of the molecule is Cc1nc(NC(=O)c2nnn(-c3ccc(F)cc3)c2C)sc1Cc1ccccc1Cl. The highest BCUT2D eigenvalue weighted by Gasteiger charge is 2.19. The van der Waals surface area contributed by atoms with Crippen molar-refractivity contribution < 1.29 is 9.18 Å². The zero-order valence-corrected chi connectivity index (χ0v) is 17.8. The Balaban J connectivity index is 1.52. The number of amides is 1. The summed E-state index contributed by atoms with van der Waals surface area (Å²) in [6.45, 7) is 3.63. The number of hydrogen-bond acceptors (Lipinski definition) is 5. The van der Waals surface area contributed by atoms with Gasteiger partial charge in [-0.25, -0.2) is 14.1 Å². The molecule has 0 unspecified atom stereocenters. The highest BCUT2D eigenvalue weighted by molar-refractivity contribution is 7.15. The molecule has 2 heterocycles. The van der Waals surface area contributed by atoms with Crippen LogP contribution in [0.5, 0.6) is 0 Å². The molecule has 0 aliphatic heterocycles. The number of aryl methyl sites for hydroxylation is 1. The normalized spacial score (nSPS) is 10.9. The maximum absolute atomic E-state index is 13.2. The minimum atomic E-state index is -0.404. The van der Waals surface area contributed by atoms with Crippen LogP contribution in [0.2, 0.25) is 5.02 Å².